The van der Waals surface area contributed by atoms with Crippen molar-refractivity contribution in [1.29, 1.82) is 0 Å². The normalized spacial score (nSPS) is 24.8. The molecular formula is C6H13NO. The first-order chi connectivity index (χ1) is 3.84. The molecule has 2 heteroatoms. The Labute approximate surface area is 49.7 Å². The summed E-state index contributed by atoms with van der Waals surface area (Å²) in [4.78, 5) is 0. The van der Waals surface area contributed by atoms with Crippen LogP contribution in [0.4, 0.5) is 0 Å². The smallest absolute Gasteiger partial charge is 0.0690 e. The third-order valence-electron chi connectivity index (χ3n) is 1.94. The molecule has 0 bridgehead atoms. The van der Waals surface area contributed by atoms with Crippen LogP contribution in [0.15, 0.2) is 0 Å². The second-order valence-corrected chi connectivity index (χ2v) is 2.49. The Hall–Kier alpha value is -0.0800. The largest absolute Gasteiger partial charge is 0.392 e. The molecule has 48 valence electrons. The Morgan fingerprint density at radius 1 is 1.62 bits per heavy atom. The fraction of sp³-hybridized carbons (Fsp3) is 1.00. The number of aliphatic hydroxyl groups excluding tert-OH is 1. The maximum absolute atomic E-state index is 9.05. The molecule has 1 aliphatic carbocycles. The fourth-order valence-corrected chi connectivity index (χ4v) is 1.02. The summed E-state index contributed by atoms with van der Waals surface area (Å²) >= 11 is 0. The number of rotatable bonds is 2. The van der Waals surface area contributed by atoms with Crippen molar-refractivity contribution in [3.05, 3.63) is 0 Å². The third-order valence-corrected chi connectivity index (χ3v) is 1.94. The monoisotopic (exact) mass is 115 g/mol. The summed E-state index contributed by atoms with van der Waals surface area (Å²) < 4.78 is 0. The lowest BCUT2D eigenvalue weighted by Gasteiger charge is -2.29. The second-order valence-electron chi connectivity index (χ2n) is 2.49. The summed E-state index contributed by atoms with van der Waals surface area (Å²) in [5, 5.41) is 9.05. The molecule has 0 aliphatic heterocycles. The highest BCUT2D eigenvalue weighted by atomic mass is 16.3. The van der Waals surface area contributed by atoms with Gasteiger partial charge in [0.1, 0.15) is 0 Å². The van der Waals surface area contributed by atoms with Gasteiger partial charge in [-0.05, 0) is 18.8 Å². The van der Waals surface area contributed by atoms with Crippen LogP contribution in [0.5, 0.6) is 0 Å². The van der Waals surface area contributed by atoms with Crippen molar-refractivity contribution in [2.24, 2.45) is 11.7 Å². The number of hydrogen-bond donors (Lipinski definition) is 2. The van der Waals surface area contributed by atoms with Crippen LogP contribution in [-0.2, 0) is 0 Å². The minimum absolute atomic E-state index is 0.219. The van der Waals surface area contributed by atoms with Crippen LogP contribution in [0.3, 0.4) is 0 Å². The minimum atomic E-state index is -0.219. The molecule has 1 rings (SSSR count). The quantitative estimate of drug-likeness (QED) is 0.536. The minimum Gasteiger partial charge on any atom is -0.392 e. The maximum Gasteiger partial charge on any atom is 0.0690 e. The molecule has 2 nitrogen and oxygen atoms in total. The summed E-state index contributed by atoms with van der Waals surface area (Å²) in [7, 11) is 0. The van der Waals surface area contributed by atoms with Crippen LogP contribution in [-0.4, -0.2) is 17.8 Å². The van der Waals surface area contributed by atoms with Gasteiger partial charge in [0.05, 0.1) is 6.10 Å². The molecule has 1 saturated carbocycles. The van der Waals surface area contributed by atoms with Crippen LogP contribution < -0.4 is 5.73 Å². The zero-order valence-corrected chi connectivity index (χ0v) is 5.01. The average molecular weight is 115 g/mol. The van der Waals surface area contributed by atoms with E-state index in [-0.39, 0.29) is 6.10 Å². The highest BCUT2D eigenvalue weighted by molar-refractivity contribution is 4.76. The summed E-state index contributed by atoms with van der Waals surface area (Å²) in [6.45, 7) is 0.435. The van der Waals surface area contributed by atoms with Gasteiger partial charge in [-0.3, -0.25) is 0 Å². The molecule has 0 saturated heterocycles. The molecule has 0 aromatic heterocycles. The fourth-order valence-electron chi connectivity index (χ4n) is 1.02. The van der Waals surface area contributed by atoms with Crippen molar-refractivity contribution < 1.29 is 5.11 Å². The van der Waals surface area contributed by atoms with Gasteiger partial charge >= 0.3 is 0 Å². The van der Waals surface area contributed by atoms with E-state index in [1.165, 1.54) is 19.3 Å². The molecule has 0 spiro atoms. The lowest BCUT2D eigenvalue weighted by molar-refractivity contribution is 0.0696. The Morgan fingerprint density at radius 2 is 2.25 bits per heavy atom. The zero-order chi connectivity index (χ0) is 5.98. The number of aliphatic hydroxyl groups is 1. The van der Waals surface area contributed by atoms with E-state index in [4.69, 9.17) is 10.8 Å². The molecule has 0 amide bonds. The van der Waals surface area contributed by atoms with Crippen molar-refractivity contribution in [2.75, 3.05) is 6.54 Å². The highest BCUT2D eigenvalue weighted by Gasteiger charge is 2.23. The average Bonchev–Trinajstić information content (AvgIpc) is 1.62. The first-order valence-corrected chi connectivity index (χ1v) is 3.22. The first-order valence-electron chi connectivity index (χ1n) is 3.22. The van der Waals surface area contributed by atoms with Crippen molar-refractivity contribution in [3.63, 3.8) is 0 Å². The van der Waals surface area contributed by atoms with Crippen molar-refractivity contribution in [1.82, 2.24) is 0 Å². The van der Waals surface area contributed by atoms with Gasteiger partial charge in [-0.2, -0.15) is 0 Å². The molecule has 3 N–H and O–H groups in total. The molecular weight excluding hydrogens is 102 g/mol. The van der Waals surface area contributed by atoms with E-state index < -0.39 is 0 Å². The summed E-state index contributed by atoms with van der Waals surface area (Å²) in [5.41, 5.74) is 5.23. The molecule has 0 aromatic carbocycles. The maximum atomic E-state index is 9.05. The molecule has 0 radical (unpaired) electrons. The molecule has 0 heterocycles. The van der Waals surface area contributed by atoms with E-state index in [1.807, 2.05) is 0 Å². The summed E-state index contributed by atoms with van der Waals surface area (Å²) in [5.74, 6) is 0.528. The van der Waals surface area contributed by atoms with Crippen LogP contribution in [0.25, 0.3) is 0 Å². The van der Waals surface area contributed by atoms with Gasteiger partial charge in [-0.1, -0.05) is 6.42 Å². The van der Waals surface area contributed by atoms with Crippen LogP contribution in [0.1, 0.15) is 19.3 Å². The second kappa shape index (κ2) is 2.46. The first kappa shape index (κ1) is 6.05. The molecule has 8 heavy (non-hydrogen) atoms. The van der Waals surface area contributed by atoms with E-state index in [2.05, 4.69) is 0 Å². The molecule has 0 aromatic rings. The molecule has 0 unspecified atom stereocenters. The van der Waals surface area contributed by atoms with E-state index in [1.54, 1.807) is 0 Å². The molecule has 1 atom stereocenters. The topological polar surface area (TPSA) is 46.2 Å². The van der Waals surface area contributed by atoms with Gasteiger partial charge in [-0.25, -0.2) is 0 Å². The number of nitrogens with two attached hydrogens (primary N) is 1. The van der Waals surface area contributed by atoms with Gasteiger partial charge in [0.15, 0.2) is 0 Å². The van der Waals surface area contributed by atoms with Gasteiger partial charge < -0.3 is 10.8 Å². The predicted octanol–water partition coefficient (Wildman–Crippen LogP) is 0.106. The predicted molar refractivity (Wildman–Crippen MR) is 32.4 cm³/mol. The van der Waals surface area contributed by atoms with E-state index in [9.17, 15) is 0 Å². The Morgan fingerprint density at radius 3 is 2.38 bits per heavy atom. The van der Waals surface area contributed by atoms with Crippen molar-refractivity contribution >= 4 is 0 Å². The van der Waals surface area contributed by atoms with E-state index in [0.717, 1.165) is 0 Å². The standard InChI is InChI=1S/C6H13NO/c7-4-6(8)5-2-1-3-5/h5-6,8H,1-4,7H2/t6-/m1/s1. The van der Waals surface area contributed by atoms with Crippen LogP contribution in [0.2, 0.25) is 0 Å². The number of hydrogen-bond acceptors (Lipinski definition) is 2. The Bertz CT molecular complexity index is 68.2. The van der Waals surface area contributed by atoms with Crippen LogP contribution >= 0.6 is 0 Å². The van der Waals surface area contributed by atoms with Gasteiger partial charge in [-0.15, -0.1) is 0 Å². The van der Waals surface area contributed by atoms with E-state index in [0.29, 0.717) is 12.5 Å². The Balaban J connectivity index is 2.13. The lowest BCUT2D eigenvalue weighted by atomic mass is 9.81. The molecule has 1 fully saturated rings. The SMILES string of the molecule is NC[C@@H](O)C1CCC1. The van der Waals surface area contributed by atoms with Gasteiger partial charge in [0, 0.05) is 6.54 Å². The lowest BCUT2D eigenvalue weighted by Crippen LogP contribution is -2.32. The van der Waals surface area contributed by atoms with Crippen molar-refractivity contribution in [2.45, 2.75) is 25.4 Å². The zero-order valence-electron chi connectivity index (χ0n) is 5.01. The van der Waals surface area contributed by atoms with Crippen LogP contribution in [0, 0.1) is 5.92 Å². The van der Waals surface area contributed by atoms with E-state index >= 15 is 0 Å². The third kappa shape index (κ3) is 1.01. The van der Waals surface area contributed by atoms with Gasteiger partial charge in [0.2, 0.25) is 0 Å². The van der Waals surface area contributed by atoms with Crippen molar-refractivity contribution in [3.8, 4) is 0 Å². The summed E-state index contributed by atoms with van der Waals surface area (Å²) in [6, 6.07) is 0. The Kier molecular flexibility index (Phi) is 1.86. The highest BCUT2D eigenvalue weighted by Crippen LogP contribution is 2.28. The molecule has 1 aliphatic rings. The summed E-state index contributed by atoms with van der Waals surface area (Å²) in [6.07, 6.45) is 3.42. The van der Waals surface area contributed by atoms with Gasteiger partial charge in [0.25, 0.3) is 0 Å².